The summed E-state index contributed by atoms with van der Waals surface area (Å²) in [7, 11) is -2.57. The van der Waals surface area contributed by atoms with Crippen LogP contribution in [0.4, 0.5) is 4.39 Å². The molecule has 1 fully saturated rings. The highest BCUT2D eigenvalue weighted by molar-refractivity contribution is 7.89. The van der Waals surface area contributed by atoms with Crippen LogP contribution < -0.4 is 9.46 Å². The maximum absolute atomic E-state index is 13.5. The van der Waals surface area contributed by atoms with E-state index in [0.717, 1.165) is 23.7 Å². The molecule has 1 aromatic carbocycles. The molecule has 3 rings (SSSR count). The first-order valence-electron chi connectivity index (χ1n) is 8.73. The first-order valence-corrected chi connectivity index (χ1v) is 11.0. The third-order valence-electron chi connectivity index (χ3n) is 4.72. The Morgan fingerprint density at radius 1 is 1.39 bits per heavy atom. The minimum absolute atomic E-state index is 0.0825. The Hall–Kier alpha value is -2.11. The van der Waals surface area contributed by atoms with E-state index in [4.69, 9.17) is 4.74 Å². The minimum Gasteiger partial charge on any atom is -0.495 e. The van der Waals surface area contributed by atoms with Crippen LogP contribution in [-0.2, 0) is 10.0 Å². The quantitative estimate of drug-likeness (QED) is 0.753. The van der Waals surface area contributed by atoms with Crippen molar-refractivity contribution in [3.05, 3.63) is 34.6 Å². The van der Waals surface area contributed by atoms with Crippen LogP contribution in [0.1, 0.15) is 28.2 Å². The maximum Gasteiger partial charge on any atom is 0.267 e. The number of rotatable bonds is 6. The van der Waals surface area contributed by atoms with Crippen LogP contribution in [0, 0.1) is 18.7 Å². The number of halogens is 1. The molecule has 2 heterocycles. The van der Waals surface area contributed by atoms with E-state index in [-0.39, 0.29) is 29.0 Å². The molecule has 1 saturated heterocycles. The van der Waals surface area contributed by atoms with Crippen molar-refractivity contribution in [2.45, 2.75) is 24.7 Å². The van der Waals surface area contributed by atoms with Crippen molar-refractivity contribution < 1.29 is 22.3 Å². The average molecular weight is 429 g/mol. The third-order valence-corrected chi connectivity index (χ3v) is 6.99. The van der Waals surface area contributed by atoms with Crippen molar-refractivity contribution >= 4 is 27.5 Å². The number of ether oxygens (including phenoxy) is 1. The molecule has 0 unspecified atom stereocenters. The van der Waals surface area contributed by atoms with Gasteiger partial charge in [0.15, 0.2) is 0 Å². The van der Waals surface area contributed by atoms with Crippen LogP contribution in [0.15, 0.2) is 23.1 Å². The molecule has 0 atom stereocenters. The third kappa shape index (κ3) is 4.47. The number of sulfonamides is 1. The SMILES string of the molecule is COc1ccc(F)cc1S(=O)(=O)NCC1CCN(C(=O)c2snnc2C)CC1. The van der Waals surface area contributed by atoms with Crippen molar-refractivity contribution in [3.63, 3.8) is 0 Å². The number of benzene rings is 1. The molecule has 28 heavy (non-hydrogen) atoms. The van der Waals surface area contributed by atoms with Gasteiger partial charge in [0, 0.05) is 19.6 Å². The highest BCUT2D eigenvalue weighted by Crippen LogP contribution is 2.25. The lowest BCUT2D eigenvalue weighted by atomic mass is 9.97. The molecule has 11 heteroatoms. The fourth-order valence-electron chi connectivity index (χ4n) is 3.08. The van der Waals surface area contributed by atoms with Gasteiger partial charge in [0.25, 0.3) is 5.91 Å². The number of hydrogen-bond acceptors (Lipinski definition) is 7. The van der Waals surface area contributed by atoms with E-state index in [0.29, 0.717) is 36.5 Å². The molecule has 1 aromatic heterocycles. The zero-order valence-corrected chi connectivity index (χ0v) is 17.1. The number of piperidine rings is 1. The number of carbonyl (C=O) groups is 1. The summed E-state index contributed by atoms with van der Waals surface area (Å²) in [5, 5.41) is 3.86. The molecular weight excluding hydrogens is 407 g/mol. The summed E-state index contributed by atoms with van der Waals surface area (Å²) < 4.78 is 49.9. The lowest BCUT2D eigenvalue weighted by molar-refractivity contribution is 0.0696. The summed E-state index contributed by atoms with van der Waals surface area (Å²) in [5.41, 5.74) is 0.619. The van der Waals surface area contributed by atoms with Crippen LogP contribution in [0.25, 0.3) is 0 Å². The summed E-state index contributed by atoms with van der Waals surface area (Å²) in [5.74, 6) is -0.571. The second kappa shape index (κ2) is 8.50. The molecular formula is C17H21FN4O4S2. The van der Waals surface area contributed by atoms with E-state index < -0.39 is 15.8 Å². The number of nitrogens with zero attached hydrogens (tertiary/aromatic N) is 3. The zero-order valence-electron chi connectivity index (χ0n) is 15.5. The lowest BCUT2D eigenvalue weighted by Crippen LogP contribution is -2.41. The number of amides is 1. The van der Waals surface area contributed by atoms with Gasteiger partial charge in [-0.2, -0.15) is 0 Å². The molecule has 1 aliphatic rings. The van der Waals surface area contributed by atoms with Crippen molar-refractivity contribution in [2.75, 3.05) is 26.7 Å². The van der Waals surface area contributed by atoms with E-state index in [1.807, 2.05) is 0 Å². The van der Waals surface area contributed by atoms with Crippen LogP contribution in [0.2, 0.25) is 0 Å². The predicted octanol–water partition coefficient (Wildman–Crippen LogP) is 1.82. The monoisotopic (exact) mass is 428 g/mol. The zero-order chi connectivity index (χ0) is 20.3. The Bertz CT molecular complexity index is 956. The number of nitrogens with one attached hydrogen (secondary N) is 1. The second-order valence-corrected chi connectivity index (χ2v) is 9.06. The normalized spacial score (nSPS) is 15.6. The number of carbonyl (C=O) groups excluding carboxylic acids is 1. The number of methoxy groups -OCH3 is 1. The van der Waals surface area contributed by atoms with Crippen LogP contribution >= 0.6 is 11.5 Å². The summed E-state index contributed by atoms with van der Waals surface area (Å²) in [4.78, 5) is 14.5. The summed E-state index contributed by atoms with van der Waals surface area (Å²) in [6, 6.07) is 3.36. The van der Waals surface area contributed by atoms with Crippen LogP contribution in [0.5, 0.6) is 5.75 Å². The Morgan fingerprint density at radius 2 is 2.11 bits per heavy atom. The molecule has 2 aromatic rings. The largest absolute Gasteiger partial charge is 0.495 e. The fraction of sp³-hybridized carbons (Fsp3) is 0.471. The molecule has 0 radical (unpaired) electrons. The van der Waals surface area contributed by atoms with E-state index in [2.05, 4.69) is 14.3 Å². The van der Waals surface area contributed by atoms with Crippen molar-refractivity contribution in [3.8, 4) is 5.75 Å². The lowest BCUT2D eigenvalue weighted by Gasteiger charge is -2.31. The molecule has 1 aliphatic heterocycles. The van der Waals surface area contributed by atoms with Gasteiger partial charge >= 0.3 is 0 Å². The van der Waals surface area contributed by atoms with Gasteiger partial charge in [0.2, 0.25) is 10.0 Å². The predicted molar refractivity (Wildman–Crippen MR) is 101 cm³/mol. The minimum atomic E-state index is -3.91. The smallest absolute Gasteiger partial charge is 0.267 e. The van der Waals surface area contributed by atoms with E-state index in [1.165, 1.54) is 13.2 Å². The Balaban J connectivity index is 1.57. The van der Waals surface area contributed by atoms with Crippen molar-refractivity contribution in [1.29, 1.82) is 0 Å². The summed E-state index contributed by atoms with van der Waals surface area (Å²) in [6.07, 6.45) is 1.33. The Morgan fingerprint density at radius 3 is 2.71 bits per heavy atom. The molecule has 0 bridgehead atoms. The molecule has 1 amide bonds. The van der Waals surface area contributed by atoms with Crippen molar-refractivity contribution in [1.82, 2.24) is 19.2 Å². The highest BCUT2D eigenvalue weighted by atomic mass is 32.2. The van der Waals surface area contributed by atoms with Gasteiger partial charge in [0.05, 0.1) is 12.8 Å². The summed E-state index contributed by atoms with van der Waals surface area (Å²) in [6.45, 7) is 3.03. The molecule has 0 saturated carbocycles. The summed E-state index contributed by atoms with van der Waals surface area (Å²) >= 11 is 1.08. The van der Waals surface area contributed by atoms with Gasteiger partial charge in [0.1, 0.15) is 21.3 Å². The topological polar surface area (TPSA) is 101 Å². The van der Waals surface area contributed by atoms with Gasteiger partial charge in [-0.15, -0.1) is 5.10 Å². The van der Waals surface area contributed by atoms with Gasteiger partial charge in [-0.05, 0) is 55.4 Å². The van der Waals surface area contributed by atoms with Crippen LogP contribution in [0.3, 0.4) is 0 Å². The van der Waals surface area contributed by atoms with Gasteiger partial charge in [-0.3, -0.25) is 4.79 Å². The average Bonchev–Trinajstić information content (AvgIpc) is 3.12. The Labute approximate surface area is 166 Å². The first kappa shape index (κ1) is 20.6. The molecule has 8 nitrogen and oxygen atoms in total. The van der Waals surface area contributed by atoms with Crippen LogP contribution in [-0.4, -0.2) is 55.6 Å². The van der Waals surface area contributed by atoms with Gasteiger partial charge < -0.3 is 9.64 Å². The molecule has 152 valence electrons. The van der Waals surface area contributed by atoms with Gasteiger partial charge in [-0.25, -0.2) is 17.5 Å². The second-order valence-electron chi connectivity index (χ2n) is 6.57. The number of hydrogen-bond donors (Lipinski definition) is 1. The Kier molecular flexibility index (Phi) is 6.26. The van der Waals surface area contributed by atoms with E-state index in [1.54, 1.807) is 11.8 Å². The number of likely N-dealkylation sites (tertiary alicyclic amines) is 1. The van der Waals surface area contributed by atoms with Gasteiger partial charge in [-0.1, -0.05) is 4.49 Å². The molecule has 0 spiro atoms. The van der Waals surface area contributed by atoms with E-state index in [9.17, 15) is 17.6 Å². The number of aromatic nitrogens is 2. The number of aryl methyl sites for hydroxylation is 1. The standard InChI is InChI=1S/C17H21FN4O4S2/c1-11-16(27-21-20-11)17(23)22-7-5-12(6-8-22)10-19-28(24,25)15-9-13(18)3-4-14(15)26-2/h3-4,9,12,19H,5-8,10H2,1-2H3. The van der Waals surface area contributed by atoms with E-state index >= 15 is 0 Å². The highest BCUT2D eigenvalue weighted by Gasteiger charge is 2.28. The first-order chi connectivity index (χ1) is 13.3. The van der Waals surface area contributed by atoms with Crippen molar-refractivity contribution in [2.24, 2.45) is 5.92 Å². The molecule has 0 aliphatic carbocycles. The fourth-order valence-corrected chi connectivity index (χ4v) is 5.00. The molecule has 1 N–H and O–H groups in total. The maximum atomic E-state index is 13.5.